The first-order chi connectivity index (χ1) is 15.1. The first-order valence-corrected chi connectivity index (χ1v) is 10.3. The first kappa shape index (κ1) is 22.0. The van der Waals surface area contributed by atoms with Gasteiger partial charge in [-0.15, -0.1) is 12.4 Å². The summed E-state index contributed by atoms with van der Waals surface area (Å²) in [5.41, 5.74) is 8.57. The van der Waals surface area contributed by atoms with Crippen LogP contribution in [0.15, 0.2) is 42.7 Å². The second-order valence-electron chi connectivity index (χ2n) is 7.81. The van der Waals surface area contributed by atoms with E-state index in [1.165, 1.54) is 6.07 Å². The van der Waals surface area contributed by atoms with Crippen molar-refractivity contribution in [2.75, 3.05) is 43.4 Å². The molecular weight excluding hydrogens is 433 g/mol. The van der Waals surface area contributed by atoms with E-state index < -0.39 is 0 Å². The Hall–Kier alpha value is -3.17. The van der Waals surface area contributed by atoms with Crippen molar-refractivity contribution in [3.05, 3.63) is 59.8 Å². The van der Waals surface area contributed by atoms with Crippen LogP contribution >= 0.6 is 12.4 Å². The molecule has 10 heteroatoms. The number of hydrogen-bond acceptors (Lipinski definition) is 7. The Bertz CT molecular complexity index is 1140. The Morgan fingerprint density at radius 2 is 2.16 bits per heavy atom. The standard InChI is InChI=1S/C22H24FN7O.ClH/c1-15-16(12-26-30(15)22-25-7-6-21(24)27-22)3-2-8-28-9-10-29-18(13-28)14-31-20-5-4-17(23)11-19(20)29;/h2-7,11-12,18H,8-10,13-14H2,1H3,(H2,24,25,27);1H/b3-2+;. The van der Waals surface area contributed by atoms with Gasteiger partial charge in [-0.2, -0.15) is 10.1 Å². The molecular formula is C22H25ClFN7O. The first-order valence-electron chi connectivity index (χ1n) is 10.3. The fourth-order valence-electron chi connectivity index (χ4n) is 4.15. The minimum atomic E-state index is -0.229. The zero-order valence-corrected chi connectivity index (χ0v) is 18.5. The van der Waals surface area contributed by atoms with Crippen molar-refractivity contribution in [2.24, 2.45) is 0 Å². The number of nitrogens with zero attached hydrogens (tertiary/aromatic N) is 6. The van der Waals surface area contributed by atoms with Crippen molar-refractivity contribution in [3.8, 4) is 11.7 Å². The number of benzene rings is 1. The van der Waals surface area contributed by atoms with Gasteiger partial charge in [0, 0.05) is 44.0 Å². The molecule has 2 aromatic heterocycles. The third kappa shape index (κ3) is 4.26. The largest absolute Gasteiger partial charge is 0.489 e. The Labute approximate surface area is 191 Å². The molecule has 5 rings (SSSR count). The highest BCUT2D eigenvalue weighted by Gasteiger charge is 2.32. The van der Waals surface area contributed by atoms with Gasteiger partial charge >= 0.3 is 0 Å². The molecule has 2 aliphatic rings. The van der Waals surface area contributed by atoms with Crippen molar-refractivity contribution in [2.45, 2.75) is 13.0 Å². The maximum absolute atomic E-state index is 13.7. The number of rotatable bonds is 4. The van der Waals surface area contributed by atoms with E-state index in [-0.39, 0.29) is 24.3 Å². The van der Waals surface area contributed by atoms with Crippen molar-refractivity contribution in [1.29, 1.82) is 0 Å². The molecule has 0 bridgehead atoms. The lowest BCUT2D eigenvalue weighted by molar-refractivity contribution is 0.177. The Balaban J connectivity index is 0.00000245. The van der Waals surface area contributed by atoms with Crippen LogP contribution in [-0.2, 0) is 0 Å². The van der Waals surface area contributed by atoms with E-state index in [0.717, 1.165) is 48.9 Å². The lowest BCUT2D eigenvalue weighted by Gasteiger charge is -2.45. The van der Waals surface area contributed by atoms with Gasteiger partial charge in [-0.3, -0.25) is 4.90 Å². The third-order valence-corrected chi connectivity index (χ3v) is 5.79. The lowest BCUT2D eigenvalue weighted by atomic mass is 10.1. The number of ether oxygens (including phenoxy) is 1. The minimum absolute atomic E-state index is 0. The second-order valence-corrected chi connectivity index (χ2v) is 7.81. The summed E-state index contributed by atoms with van der Waals surface area (Å²) < 4.78 is 21.2. The molecule has 1 unspecified atom stereocenters. The fourth-order valence-corrected chi connectivity index (χ4v) is 4.15. The van der Waals surface area contributed by atoms with Crippen molar-refractivity contribution < 1.29 is 9.13 Å². The molecule has 168 valence electrons. The summed E-state index contributed by atoms with van der Waals surface area (Å²) in [4.78, 5) is 13.1. The second kappa shape index (κ2) is 9.13. The Morgan fingerprint density at radius 1 is 1.28 bits per heavy atom. The van der Waals surface area contributed by atoms with Gasteiger partial charge in [0.05, 0.1) is 23.6 Å². The van der Waals surface area contributed by atoms with Crippen LogP contribution in [0, 0.1) is 12.7 Å². The molecule has 2 N–H and O–H groups in total. The number of hydrogen-bond donors (Lipinski definition) is 1. The quantitative estimate of drug-likeness (QED) is 0.644. The Morgan fingerprint density at radius 3 is 3.00 bits per heavy atom. The summed E-state index contributed by atoms with van der Waals surface area (Å²) in [6.07, 6.45) is 7.63. The van der Waals surface area contributed by atoms with Crippen LogP contribution in [0.2, 0.25) is 0 Å². The van der Waals surface area contributed by atoms with E-state index in [4.69, 9.17) is 10.5 Å². The average molecular weight is 458 g/mol. The number of fused-ring (bicyclic) bond motifs is 3. The maximum Gasteiger partial charge on any atom is 0.252 e. The van der Waals surface area contributed by atoms with E-state index in [1.807, 2.05) is 6.92 Å². The molecule has 4 heterocycles. The van der Waals surface area contributed by atoms with Gasteiger partial charge in [-0.1, -0.05) is 12.2 Å². The number of anilines is 2. The molecule has 0 amide bonds. The highest BCUT2D eigenvalue weighted by molar-refractivity contribution is 5.85. The summed E-state index contributed by atoms with van der Waals surface area (Å²) in [6.45, 7) is 6.04. The van der Waals surface area contributed by atoms with Crippen LogP contribution in [-0.4, -0.2) is 63.5 Å². The monoisotopic (exact) mass is 457 g/mol. The van der Waals surface area contributed by atoms with Crippen molar-refractivity contribution in [1.82, 2.24) is 24.6 Å². The molecule has 1 aromatic carbocycles. The Kier molecular flexibility index (Phi) is 6.29. The number of halogens is 2. The maximum atomic E-state index is 13.7. The van der Waals surface area contributed by atoms with Gasteiger partial charge < -0.3 is 15.4 Å². The van der Waals surface area contributed by atoms with Crippen LogP contribution in [0.4, 0.5) is 15.9 Å². The fraction of sp³-hybridized carbons (Fsp3) is 0.318. The molecule has 3 aromatic rings. The zero-order valence-electron chi connectivity index (χ0n) is 17.7. The number of piperazine rings is 1. The molecule has 0 radical (unpaired) electrons. The molecule has 1 fully saturated rings. The van der Waals surface area contributed by atoms with Crippen LogP contribution in [0.5, 0.6) is 5.75 Å². The minimum Gasteiger partial charge on any atom is -0.489 e. The number of nitrogen functional groups attached to an aromatic ring is 1. The van der Waals surface area contributed by atoms with Gasteiger partial charge in [0.2, 0.25) is 0 Å². The predicted molar refractivity (Wildman–Crippen MR) is 124 cm³/mol. The van der Waals surface area contributed by atoms with Gasteiger partial charge in [0.25, 0.3) is 5.95 Å². The van der Waals surface area contributed by atoms with E-state index in [2.05, 4.69) is 37.0 Å². The smallest absolute Gasteiger partial charge is 0.252 e. The lowest BCUT2D eigenvalue weighted by Crippen LogP contribution is -2.57. The topological polar surface area (TPSA) is 85.3 Å². The molecule has 1 atom stereocenters. The van der Waals surface area contributed by atoms with Gasteiger partial charge in [-0.05, 0) is 25.1 Å². The highest BCUT2D eigenvalue weighted by atomic mass is 35.5. The summed E-state index contributed by atoms with van der Waals surface area (Å²) in [6, 6.07) is 6.61. The van der Waals surface area contributed by atoms with E-state index in [1.54, 1.807) is 35.3 Å². The summed E-state index contributed by atoms with van der Waals surface area (Å²) >= 11 is 0. The molecule has 0 aliphatic carbocycles. The molecule has 1 saturated heterocycles. The average Bonchev–Trinajstić information content (AvgIpc) is 3.14. The van der Waals surface area contributed by atoms with Crippen molar-refractivity contribution >= 4 is 30.0 Å². The van der Waals surface area contributed by atoms with E-state index in [0.29, 0.717) is 18.4 Å². The molecule has 32 heavy (non-hydrogen) atoms. The third-order valence-electron chi connectivity index (χ3n) is 5.79. The van der Waals surface area contributed by atoms with E-state index >= 15 is 0 Å². The van der Waals surface area contributed by atoms with Crippen LogP contribution in [0.25, 0.3) is 12.0 Å². The summed E-state index contributed by atoms with van der Waals surface area (Å²) in [5.74, 6) is 1.41. The molecule has 0 saturated carbocycles. The highest BCUT2D eigenvalue weighted by Crippen LogP contribution is 2.35. The van der Waals surface area contributed by atoms with Crippen LogP contribution in [0.1, 0.15) is 11.3 Å². The SMILES string of the molecule is Cc1c(/C=C/CN2CCN3c4cc(F)ccc4OCC3C2)cnn1-c1nccc(N)n1.Cl. The van der Waals surface area contributed by atoms with Crippen LogP contribution in [0.3, 0.4) is 0 Å². The summed E-state index contributed by atoms with van der Waals surface area (Å²) in [5, 5.41) is 4.39. The summed E-state index contributed by atoms with van der Waals surface area (Å²) in [7, 11) is 0. The van der Waals surface area contributed by atoms with Gasteiger partial charge in [0.1, 0.15) is 24.0 Å². The molecule has 2 aliphatic heterocycles. The molecule has 0 spiro atoms. The van der Waals surface area contributed by atoms with E-state index in [9.17, 15) is 4.39 Å². The zero-order chi connectivity index (χ0) is 21.4. The van der Waals surface area contributed by atoms with Gasteiger partial charge in [-0.25, -0.2) is 14.1 Å². The normalized spacial score (nSPS) is 18.1. The van der Waals surface area contributed by atoms with Crippen LogP contribution < -0.4 is 15.4 Å². The molecule has 8 nitrogen and oxygen atoms in total. The number of nitrogens with two attached hydrogens (primary N) is 1. The predicted octanol–water partition coefficient (Wildman–Crippen LogP) is 2.71. The number of aromatic nitrogens is 4. The van der Waals surface area contributed by atoms with Crippen molar-refractivity contribution in [3.63, 3.8) is 0 Å². The van der Waals surface area contributed by atoms with Gasteiger partial charge in [0.15, 0.2) is 0 Å².